The molecule has 0 spiro atoms. The summed E-state index contributed by atoms with van der Waals surface area (Å²) < 4.78 is 4.76. The summed E-state index contributed by atoms with van der Waals surface area (Å²) >= 11 is 0. The van der Waals surface area contributed by atoms with Crippen LogP contribution in [0.4, 0.5) is 0 Å². The van der Waals surface area contributed by atoms with Crippen molar-refractivity contribution in [1.82, 2.24) is 5.32 Å². The molecule has 2 rings (SSSR count). The maximum atomic E-state index is 11.5. The summed E-state index contributed by atoms with van der Waals surface area (Å²) in [5, 5.41) is 3.23. The summed E-state index contributed by atoms with van der Waals surface area (Å²) in [5.41, 5.74) is 1.79. The first-order valence-corrected chi connectivity index (χ1v) is 5.18. The number of hydrogen-bond donors (Lipinski definition) is 1. The van der Waals surface area contributed by atoms with E-state index in [0.717, 1.165) is 25.1 Å². The first-order valence-electron chi connectivity index (χ1n) is 5.18. The molecule has 0 saturated carbocycles. The predicted octanol–water partition coefficient (Wildman–Crippen LogP) is 1.24. The van der Waals surface area contributed by atoms with E-state index in [4.69, 9.17) is 4.74 Å². The minimum absolute atomic E-state index is 0.238. The number of ether oxygens (including phenoxy) is 1. The second kappa shape index (κ2) is 4.45. The van der Waals surface area contributed by atoms with Crippen LogP contribution in [0.3, 0.4) is 0 Å². The van der Waals surface area contributed by atoms with E-state index in [2.05, 4.69) is 5.32 Å². The summed E-state index contributed by atoms with van der Waals surface area (Å²) in [6.45, 7) is 2.10. The fourth-order valence-corrected chi connectivity index (χ4v) is 1.81. The normalized spacial score (nSPS) is 15.8. The van der Waals surface area contributed by atoms with Gasteiger partial charge in [-0.2, -0.15) is 0 Å². The Morgan fingerprint density at radius 3 is 2.80 bits per heavy atom. The maximum absolute atomic E-state index is 11.5. The molecule has 3 nitrogen and oxygen atoms in total. The molecule has 0 bridgehead atoms. The van der Waals surface area contributed by atoms with Crippen molar-refractivity contribution in [2.75, 3.05) is 20.2 Å². The second-order valence-electron chi connectivity index (χ2n) is 3.88. The smallest absolute Gasteiger partial charge is 0.338 e. The molecule has 0 unspecified atom stereocenters. The molecule has 1 heterocycles. The molecule has 0 aliphatic carbocycles. The first kappa shape index (κ1) is 10.2. The lowest BCUT2D eigenvalue weighted by molar-refractivity contribution is 0.0599. The monoisotopic (exact) mass is 205 g/mol. The average molecular weight is 205 g/mol. The number of carbonyl (C=O) groups is 1. The van der Waals surface area contributed by atoms with Crippen molar-refractivity contribution in [2.24, 2.45) is 5.92 Å². The zero-order chi connectivity index (χ0) is 10.7. The summed E-state index contributed by atoms with van der Waals surface area (Å²) in [6.07, 6.45) is 0.957. The number of benzene rings is 1. The van der Waals surface area contributed by atoms with Crippen molar-refractivity contribution >= 4 is 5.97 Å². The van der Waals surface area contributed by atoms with E-state index < -0.39 is 0 Å². The third kappa shape index (κ3) is 2.18. The number of rotatable bonds is 3. The second-order valence-corrected chi connectivity index (χ2v) is 3.88. The van der Waals surface area contributed by atoms with E-state index in [1.165, 1.54) is 7.11 Å². The molecule has 3 heteroatoms. The summed E-state index contributed by atoms with van der Waals surface area (Å²) in [7, 11) is 1.42. The lowest BCUT2D eigenvalue weighted by Gasteiger charge is -2.27. The molecule has 1 aromatic carbocycles. The summed E-state index contributed by atoms with van der Waals surface area (Å²) in [5.74, 6) is 0.425. The zero-order valence-corrected chi connectivity index (χ0v) is 8.82. The van der Waals surface area contributed by atoms with Crippen LogP contribution in [0.25, 0.3) is 0 Å². The quantitative estimate of drug-likeness (QED) is 0.754. The van der Waals surface area contributed by atoms with E-state index in [0.29, 0.717) is 11.5 Å². The Kier molecular flexibility index (Phi) is 3.02. The molecular formula is C12H15NO2. The Morgan fingerprint density at radius 1 is 1.47 bits per heavy atom. The third-order valence-corrected chi connectivity index (χ3v) is 2.80. The number of nitrogens with one attached hydrogen (secondary N) is 1. The van der Waals surface area contributed by atoms with Crippen LogP contribution in [-0.4, -0.2) is 26.2 Å². The van der Waals surface area contributed by atoms with Crippen molar-refractivity contribution < 1.29 is 9.53 Å². The molecule has 1 aromatic rings. The van der Waals surface area contributed by atoms with Gasteiger partial charge in [0.2, 0.25) is 0 Å². The minimum atomic E-state index is -0.238. The molecule has 0 aromatic heterocycles. The van der Waals surface area contributed by atoms with Gasteiger partial charge in [-0.3, -0.25) is 0 Å². The van der Waals surface area contributed by atoms with Crippen LogP contribution >= 0.6 is 0 Å². The van der Waals surface area contributed by atoms with Gasteiger partial charge in [0, 0.05) is 0 Å². The van der Waals surface area contributed by atoms with Gasteiger partial charge in [-0.15, -0.1) is 0 Å². The minimum Gasteiger partial charge on any atom is -0.465 e. The van der Waals surface area contributed by atoms with Gasteiger partial charge >= 0.3 is 5.97 Å². The van der Waals surface area contributed by atoms with Crippen molar-refractivity contribution in [1.29, 1.82) is 0 Å². The standard InChI is InChI=1S/C12H15NO2/c1-15-12(14)11-5-3-2-4-10(11)6-9-7-13-8-9/h2-5,9,13H,6-8H2,1H3. The lowest BCUT2D eigenvalue weighted by Crippen LogP contribution is -2.43. The molecule has 0 radical (unpaired) electrons. The van der Waals surface area contributed by atoms with Gasteiger partial charge in [0.1, 0.15) is 0 Å². The van der Waals surface area contributed by atoms with Gasteiger partial charge < -0.3 is 10.1 Å². The summed E-state index contributed by atoms with van der Waals surface area (Å²) in [6, 6.07) is 7.67. The molecule has 80 valence electrons. The molecular weight excluding hydrogens is 190 g/mol. The van der Waals surface area contributed by atoms with Gasteiger partial charge in [0.05, 0.1) is 12.7 Å². The van der Waals surface area contributed by atoms with Crippen molar-refractivity contribution in [3.8, 4) is 0 Å². The molecule has 1 saturated heterocycles. The van der Waals surface area contributed by atoms with Gasteiger partial charge in [-0.25, -0.2) is 4.79 Å². The van der Waals surface area contributed by atoms with E-state index >= 15 is 0 Å². The number of methoxy groups -OCH3 is 1. The van der Waals surface area contributed by atoms with Gasteiger partial charge in [-0.1, -0.05) is 18.2 Å². The SMILES string of the molecule is COC(=O)c1ccccc1CC1CNC1. The van der Waals surface area contributed by atoms with E-state index in [9.17, 15) is 4.79 Å². The molecule has 1 aliphatic rings. The third-order valence-electron chi connectivity index (χ3n) is 2.80. The topological polar surface area (TPSA) is 38.3 Å². The van der Waals surface area contributed by atoms with Gasteiger partial charge in [0.15, 0.2) is 0 Å². The van der Waals surface area contributed by atoms with Crippen LogP contribution in [0.5, 0.6) is 0 Å². The number of hydrogen-bond acceptors (Lipinski definition) is 3. The van der Waals surface area contributed by atoms with Gasteiger partial charge in [-0.05, 0) is 37.1 Å². The average Bonchev–Trinajstić information content (AvgIpc) is 2.23. The van der Waals surface area contributed by atoms with Gasteiger partial charge in [0.25, 0.3) is 0 Å². The Morgan fingerprint density at radius 2 is 2.20 bits per heavy atom. The Balaban J connectivity index is 2.16. The van der Waals surface area contributed by atoms with Crippen LogP contribution in [0.1, 0.15) is 15.9 Å². The Labute approximate surface area is 89.4 Å². The predicted molar refractivity (Wildman–Crippen MR) is 57.8 cm³/mol. The van der Waals surface area contributed by atoms with Crippen LogP contribution in [0, 0.1) is 5.92 Å². The summed E-state index contributed by atoms with van der Waals surface area (Å²) in [4.78, 5) is 11.5. The molecule has 0 amide bonds. The molecule has 1 N–H and O–H groups in total. The highest BCUT2D eigenvalue weighted by Gasteiger charge is 2.20. The highest BCUT2D eigenvalue weighted by atomic mass is 16.5. The molecule has 0 atom stereocenters. The zero-order valence-electron chi connectivity index (χ0n) is 8.82. The van der Waals surface area contributed by atoms with Crippen molar-refractivity contribution in [2.45, 2.75) is 6.42 Å². The number of carbonyl (C=O) groups excluding carboxylic acids is 1. The highest BCUT2D eigenvalue weighted by Crippen LogP contribution is 2.17. The van der Waals surface area contributed by atoms with Crippen LogP contribution < -0.4 is 5.32 Å². The largest absolute Gasteiger partial charge is 0.465 e. The van der Waals surface area contributed by atoms with Crippen LogP contribution in [-0.2, 0) is 11.2 Å². The lowest BCUT2D eigenvalue weighted by atomic mass is 9.92. The fraction of sp³-hybridized carbons (Fsp3) is 0.417. The van der Waals surface area contributed by atoms with Crippen LogP contribution in [0.15, 0.2) is 24.3 Å². The highest BCUT2D eigenvalue weighted by molar-refractivity contribution is 5.90. The fourth-order valence-electron chi connectivity index (χ4n) is 1.81. The van der Waals surface area contributed by atoms with E-state index in [-0.39, 0.29) is 5.97 Å². The Hall–Kier alpha value is -1.35. The van der Waals surface area contributed by atoms with E-state index in [1.54, 1.807) is 0 Å². The van der Waals surface area contributed by atoms with Crippen molar-refractivity contribution in [3.63, 3.8) is 0 Å². The first-order chi connectivity index (χ1) is 7.31. The number of esters is 1. The molecule has 1 aliphatic heterocycles. The van der Waals surface area contributed by atoms with E-state index in [1.807, 2.05) is 24.3 Å². The molecule has 1 fully saturated rings. The van der Waals surface area contributed by atoms with Crippen LogP contribution in [0.2, 0.25) is 0 Å². The van der Waals surface area contributed by atoms with Crippen molar-refractivity contribution in [3.05, 3.63) is 35.4 Å². The Bertz CT molecular complexity index is 358. The molecule has 15 heavy (non-hydrogen) atoms. The maximum Gasteiger partial charge on any atom is 0.338 e.